The molecule has 0 bridgehead atoms. The molecule has 3 aromatic rings. The molecular formula is C14H10N2S. The highest BCUT2D eigenvalue weighted by atomic mass is 32.1. The molecule has 2 heterocycles. The zero-order valence-electron chi connectivity index (χ0n) is 9.10. The molecule has 0 saturated heterocycles. The minimum absolute atomic E-state index is 0.993. The van der Waals surface area contributed by atoms with Gasteiger partial charge in [0.1, 0.15) is 0 Å². The number of hydrogen-bond donors (Lipinski definition) is 1. The number of thiophene rings is 1. The van der Waals surface area contributed by atoms with Gasteiger partial charge in [-0.3, -0.25) is 5.10 Å². The lowest BCUT2D eigenvalue weighted by Crippen LogP contribution is -1.84. The predicted octanol–water partition coefficient (Wildman–Crippen LogP) is 3.71. The fourth-order valence-electron chi connectivity index (χ4n) is 2.51. The van der Waals surface area contributed by atoms with E-state index in [-0.39, 0.29) is 0 Å². The number of rotatable bonds is 1. The topological polar surface area (TPSA) is 28.7 Å². The molecule has 3 heteroatoms. The van der Waals surface area contributed by atoms with Crippen molar-refractivity contribution >= 4 is 11.3 Å². The molecule has 0 fully saturated rings. The molecule has 2 aromatic heterocycles. The van der Waals surface area contributed by atoms with E-state index >= 15 is 0 Å². The van der Waals surface area contributed by atoms with E-state index in [4.69, 9.17) is 0 Å². The Morgan fingerprint density at radius 2 is 2.12 bits per heavy atom. The second-order valence-corrected chi connectivity index (χ2v) is 5.05. The van der Waals surface area contributed by atoms with Gasteiger partial charge in [0.25, 0.3) is 0 Å². The van der Waals surface area contributed by atoms with Gasteiger partial charge in [0.15, 0.2) is 0 Å². The van der Waals surface area contributed by atoms with Crippen LogP contribution in [0.2, 0.25) is 0 Å². The first kappa shape index (κ1) is 9.19. The van der Waals surface area contributed by atoms with E-state index in [1.165, 1.54) is 27.9 Å². The van der Waals surface area contributed by atoms with Gasteiger partial charge in [-0.1, -0.05) is 24.3 Å². The summed E-state index contributed by atoms with van der Waals surface area (Å²) < 4.78 is 0. The first-order valence-corrected chi connectivity index (χ1v) is 6.56. The zero-order valence-corrected chi connectivity index (χ0v) is 9.92. The third-order valence-electron chi connectivity index (χ3n) is 3.32. The second-order valence-electron chi connectivity index (χ2n) is 4.27. The lowest BCUT2D eigenvalue weighted by Gasteiger charge is -1.97. The highest BCUT2D eigenvalue weighted by Gasteiger charge is 2.24. The quantitative estimate of drug-likeness (QED) is 0.538. The van der Waals surface area contributed by atoms with E-state index in [0.29, 0.717) is 0 Å². The van der Waals surface area contributed by atoms with Gasteiger partial charge in [0, 0.05) is 28.5 Å². The first-order valence-electron chi connectivity index (χ1n) is 5.61. The van der Waals surface area contributed by atoms with E-state index in [9.17, 15) is 0 Å². The van der Waals surface area contributed by atoms with Crippen LogP contribution < -0.4 is 0 Å². The maximum absolute atomic E-state index is 4.46. The normalized spacial score (nSPS) is 12.5. The lowest BCUT2D eigenvalue weighted by atomic mass is 10.1. The smallest absolute Gasteiger partial charge is 0.0970 e. The summed E-state index contributed by atoms with van der Waals surface area (Å²) in [4.78, 5) is 0. The standard InChI is InChI=1S/C14H10N2S/c1-2-4-11-9(3-1)7-12-13(15-16-14(11)12)10-5-6-17-8-10/h1-6,8H,7H2,(H,15,16). The average Bonchev–Trinajstić information content (AvgIpc) is 3.04. The van der Waals surface area contributed by atoms with Gasteiger partial charge >= 0.3 is 0 Å². The van der Waals surface area contributed by atoms with E-state index in [1.807, 2.05) is 0 Å². The van der Waals surface area contributed by atoms with E-state index < -0.39 is 0 Å². The summed E-state index contributed by atoms with van der Waals surface area (Å²) in [6.07, 6.45) is 0.993. The summed E-state index contributed by atoms with van der Waals surface area (Å²) in [5, 5.41) is 11.9. The van der Waals surface area contributed by atoms with Crippen LogP contribution in [0.15, 0.2) is 41.1 Å². The minimum atomic E-state index is 0.993. The van der Waals surface area contributed by atoms with Crippen LogP contribution in [0, 0.1) is 0 Å². The van der Waals surface area contributed by atoms with Crippen molar-refractivity contribution in [1.29, 1.82) is 0 Å². The molecule has 1 aliphatic rings. The highest BCUT2D eigenvalue weighted by Crippen LogP contribution is 2.39. The molecule has 1 aliphatic carbocycles. The summed E-state index contributed by atoms with van der Waals surface area (Å²) in [6.45, 7) is 0. The number of benzene rings is 1. The minimum Gasteiger partial charge on any atom is -0.277 e. The van der Waals surface area contributed by atoms with Crippen LogP contribution in [0.25, 0.3) is 22.5 Å². The molecule has 1 aromatic carbocycles. The molecule has 1 N–H and O–H groups in total. The molecule has 0 aliphatic heterocycles. The number of hydrogen-bond acceptors (Lipinski definition) is 2. The SMILES string of the molecule is c1ccc2c(c1)Cc1c(-c3ccsc3)n[nH]c1-2. The Morgan fingerprint density at radius 3 is 3.00 bits per heavy atom. The highest BCUT2D eigenvalue weighted by molar-refractivity contribution is 7.08. The molecule has 2 nitrogen and oxygen atoms in total. The Kier molecular flexibility index (Phi) is 1.79. The van der Waals surface area contributed by atoms with E-state index in [2.05, 4.69) is 51.3 Å². The van der Waals surface area contributed by atoms with Gasteiger partial charge in [-0.15, -0.1) is 0 Å². The number of nitrogens with one attached hydrogen (secondary N) is 1. The Balaban J connectivity index is 1.93. The summed E-state index contributed by atoms with van der Waals surface area (Å²) in [7, 11) is 0. The van der Waals surface area contributed by atoms with Crippen molar-refractivity contribution in [2.24, 2.45) is 0 Å². The molecule has 0 amide bonds. The van der Waals surface area contributed by atoms with Crippen LogP contribution in [0.1, 0.15) is 11.1 Å². The number of nitrogens with zero attached hydrogens (tertiary/aromatic N) is 1. The number of H-pyrrole nitrogens is 1. The van der Waals surface area contributed by atoms with Crippen molar-refractivity contribution in [3.05, 3.63) is 52.2 Å². The number of aromatic nitrogens is 2. The summed E-state index contributed by atoms with van der Waals surface area (Å²) in [6, 6.07) is 10.7. The predicted molar refractivity (Wildman–Crippen MR) is 70.1 cm³/mol. The van der Waals surface area contributed by atoms with E-state index in [1.54, 1.807) is 11.3 Å². The van der Waals surface area contributed by atoms with Crippen LogP contribution in [-0.4, -0.2) is 10.2 Å². The molecule has 0 spiro atoms. The lowest BCUT2D eigenvalue weighted by molar-refractivity contribution is 1.09. The number of aromatic amines is 1. The number of fused-ring (bicyclic) bond motifs is 3. The summed E-state index contributed by atoms with van der Waals surface area (Å²) in [5.74, 6) is 0. The first-order chi connectivity index (χ1) is 8.43. The van der Waals surface area contributed by atoms with E-state index in [0.717, 1.165) is 12.1 Å². The summed E-state index contributed by atoms with van der Waals surface area (Å²) >= 11 is 1.71. The molecule has 0 atom stereocenters. The fraction of sp³-hybridized carbons (Fsp3) is 0.0714. The van der Waals surface area contributed by atoms with Crippen LogP contribution in [0.5, 0.6) is 0 Å². The van der Waals surface area contributed by atoms with Crippen LogP contribution in [0.3, 0.4) is 0 Å². The molecule has 0 radical (unpaired) electrons. The summed E-state index contributed by atoms with van der Waals surface area (Å²) in [5.41, 5.74) is 7.56. The molecule has 4 rings (SSSR count). The maximum atomic E-state index is 4.46. The largest absolute Gasteiger partial charge is 0.277 e. The van der Waals surface area contributed by atoms with Gasteiger partial charge in [-0.2, -0.15) is 16.4 Å². The fourth-order valence-corrected chi connectivity index (χ4v) is 3.15. The molecule has 0 unspecified atom stereocenters. The maximum Gasteiger partial charge on any atom is 0.0970 e. The van der Waals surface area contributed by atoms with Gasteiger partial charge in [-0.05, 0) is 17.0 Å². The third kappa shape index (κ3) is 1.23. The molecular weight excluding hydrogens is 228 g/mol. The van der Waals surface area contributed by atoms with Crippen LogP contribution in [-0.2, 0) is 6.42 Å². The van der Waals surface area contributed by atoms with Gasteiger partial charge < -0.3 is 0 Å². The third-order valence-corrected chi connectivity index (χ3v) is 4.00. The van der Waals surface area contributed by atoms with Crippen molar-refractivity contribution in [3.63, 3.8) is 0 Å². The van der Waals surface area contributed by atoms with Crippen molar-refractivity contribution in [2.45, 2.75) is 6.42 Å². The Bertz CT molecular complexity index is 680. The Hall–Kier alpha value is -1.87. The molecule has 82 valence electrons. The Morgan fingerprint density at radius 1 is 1.18 bits per heavy atom. The zero-order chi connectivity index (χ0) is 11.2. The van der Waals surface area contributed by atoms with Gasteiger partial charge in [0.05, 0.1) is 11.4 Å². The monoisotopic (exact) mass is 238 g/mol. The second kappa shape index (κ2) is 3.31. The van der Waals surface area contributed by atoms with Crippen molar-refractivity contribution in [1.82, 2.24) is 10.2 Å². The van der Waals surface area contributed by atoms with Gasteiger partial charge in [-0.25, -0.2) is 0 Å². The average molecular weight is 238 g/mol. The molecule has 0 saturated carbocycles. The van der Waals surface area contributed by atoms with Crippen molar-refractivity contribution in [3.8, 4) is 22.5 Å². The van der Waals surface area contributed by atoms with Gasteiger partial charge in [0.2, 0.25) is 0 Å². The Labute approximate surface area is 103 Å². The molecule has 17 heavy (non-hydrogen) atoms. The van der Waals surface area contributed by atoms with Crippen LogP contribution in [0.4, 0.5) is 0 Å². The van der Waals surface area contributed by atoms with Crippen molar-refractivity contribution < 1.29 is 0 Å². The van der Waals surface area contributed by atoms with Crippen LogP contribution >= 0.6 is 11.3 Å². The van der Waals surface area contributed by atoms with Crippen molar-refractivity contribution in [2.75, 3.05) is 0 Å².